The lowest BCUT2D eigenvalue weighted by atomic mass is 9.82. The van der Waals surface area contributed by atoms with Crippen molar-refractivity contribution in [2.45, 2.75) is 12.4 Å². The van der Waals surface area contributed by atoms with Crippen LogP contribution in [0.2, 0.25) is 0 Å². The molecular weight excluding hydrogens is 338 g/mol. The van der Waals surface area contributed by atoms with Crippen LogP contribution in [0.3, 0.4) is 0 Å². The molecule has 3 rings (SSSR count). The van der Waals surface area contributed by atoms with Gasteiger partial charge in [0.25, 0.3) is 0 Å². The first-order valence-corrected chi connectivity index (χ1v) is 6.52. The van der Waals surface area contributed by atoms with Gasteiger partial charge >= 0.3 is 12.4 Å². The van der Waals surface area contributed by atoms with E-state index < -0.39 is 46.2 Å². The molecule has 0 fully saturated rings. The third kappa shape index (κ3) is 2.47. The van der Waals surface area contributed by atoms with Crippen LogP contribution >= 0.6 is 0 Å². The van der Waals surface area contributed by atoms with E-state index in [9.17, 15) is 35.9 Å². The molecule has 0 saturated carbocycles. The van der Waals surface area contributed by atoms with E-state index in [1.807, 2.05) is 0 Å². The summed E-state index contributed by atoms with van der Waals surface area (Å²) in [5.74, 6) is -1.83. The van der Waals surface area contributed by atoms with Crippen LogP contribution in [0.15, 0.2) is 36.4 Å². The van der Waals surface area contributed by atoms with Crippen LogP contribution in [0, 0.1) is 0 Å². The van der Waals surface area contributed by atoms with Gasteiger partial charge in [-0.25, -0.2) is 0 Å². The molecule has 2 nitrogen and oxygen atoms in total. The van der Waals surface area contributed by atoms with Crippen LogP contribution in [0.4, 0.5) is 26.3 Å². The van der Waals surface area contributed by atoms with E-state index in [1.165, 1.54) is 0 Å². The van der Waals surface area contributed by atoms with Crippen LogP contribution in [0.25, 0.3) is 0 Å². The van der Waals surface area contributed by atoms with Crippen molar-refractivity contribution in [2.75, 3.05) is 0 Å². The van der Waals surface area contributed by atoms with Gasteiger partial charge in [-0.05, 0) is 36.4 Å². The SMILES string of the molecule is O=C1c2ccc(C(F)(F)F)cc2C(=O)c2ccc(C(F)(F)F)cc21. The highest BCUT2D eigenvalue weighted by Crippen LogP contribution is 2.36. The van der Waals surface area contributed by atoms with Crippen molar-refractivity contribution in [3.63, 3.8) is 0 Å². The second kappa shape index (κ2) is 4.93. The molecule has 0 saturated heterocycles. The summed E-state index contributed by atoms with van der Waals surface area (Å²) >= 11 is 0. The molecule has 2 aromatic carbocycles. The number of ketones is 2. The van der Waals surface area contributed by atoms with E-state index >= 15 is 0 Å². The molecule has 0 bridgehead atoms. The topological polar surface area (TPSA) is 34.1 Å². The minimum atomic E-state index is -4.71. The van der Waals surface area contributed by atoms with Gasteiger partial charge in [0.05, 0.1) is 11.1 Å². The summed E-state index contributed by atoms with van der Waals surface area (Å²) in [6.07, 6.45) is -9.42. The molecule has 0 aliphatic heterocycles. The average molecular weight is 344 g/mol. The van der Waals surface area contributed by atoms with Gasteiger partial charge in [-0.1, -0.05) is 0 Å². The fourth-order valence-electron chi connectivity index (χ4n) is 2.50. The third-order valence-electron chi connectivity index (χ3n) is 3.67. The van der Waals surface area contributed by atoms with Gasteiger partial charge in [0, 0.05) is 22.3 Å². The standard InChI is InChI=1S/C16H6F6O2/c17-15(18,19)7-1-3-9-11(5-7)14(24)10-4-2-8(16(20,21)22)6-12(10)13(9)23/h1-6H. The molecule has 8 heteroatoms. The van der Waals surface area contributed by atoms with Crippen molar-refractivity contribution in [2.24, 2.45) is 0 Å². The second-order valence-corrected chi connectivity index (χ2v) is 5.17. The predicted octanol–water partition coefficient (Wildman–Crippen LogP) is 4.50. The van der Waals surface area contributed by atoms with Gasteiger partial charge in [-0.2, -0.15) is 26.3 Å². The average Bonchev–Trinajstić information content (AvgIpc) is 2.49. The summed E-state index contributed by atoms with van der Waals surface area (Å²) in [6.45, 7) is 0. The quantitative estimate of drug-likeness (QED) is 0.563. The van der Waals surface area contributed by atoms with Crippen LogP contribution in [-0.2, 0) is 12.4 Å². The molecule has 0 radical (unpaired) electrons. The summed E-state index contributed by atoms with van der Waals surface area (Å²) < 4.78 is 76.4. The summed E-state index contributed by atoms with van der Waals surface area (Å²) in [4.78, 5) is 24.6. The van der Waals surface area contributed by atoms with E-state index in [1.54, 1.807) is 0 Å². The molecule has 1 aliphatic rings. The second-order valence-electron chi connectivity index (χ2n) is 5.17. The number of hydrogen-bond acceptors (Lipinski definition) is 2. The molecule has 0 amide bonds. The first-order valence-electron chi connectivity index (χ1n) is 6.52. The molecular formula is C16H6F6O2. The van der Waals surface area contributed by atoms with Gasteiger partial charge in [0.15, 0.2) is 11.6 Å². The fourth-order valence-corrected chi connectivity index (χ4v) is 2.50. The molecule has 24 heavy (non-hydrogen) atoms. The number of halogens is 6. The first kappa shape index (κ1) is 16.2. The molecule has 0 N–H and O–H groups in total. The number of carbonyl (C=O) groups excluding carboxylic acids is 2. The van der Waals surface area contributed by atoms with Crippen molar-refractivity contribution >= 4 is 11.6 Å². The monoisotopic (exact) mass is 344 g/mol. The molecule has 0 atom stereocenters. The third-order valence-corrected chi connectivity index (χ3v) is 3.67. The molecule has 2 aromatic rings. The molecule has 0 spiro atoms. The summed E-state index contributed by atoms with van der Waals surface area (Å²) in [5.41, 5.74) is -3.86. The molecule has 1 aliphatic carbocycles. The van der Waals surface area contributed by atoms with Crippen molar-refractivity contribution < 1.29 is 35.9 Å². The van der Waals surface area contributed by atoms with E-state index in [4.69, 9.17) is 0 Å². The Hall–Kier alpha value is -2.64. The summed E-state index contributed by atoms with van der Waals surface area (Å²) in [6, 6.07) is 3.92. The van der Waals surface area contributed by atoms with Crippen molar-refractivity contribution in [1.82, 2.24) is 0 Å². The van der Waals surface area contributed by atoms with Gasteiger partial charge < -0.3 is 0 Å². The van der Waals surface area contributed by atoms with E-state index in [0.29, 0.717) is 24.3 Å². The number of carbonyl (C=O) groups is 2. The number of benzene rings is 2. The normalized spacial score (nSPS) is 14.4. The van der Waals surface area contributed by atoms with Crippen LogP contribution < -0.4 is 0 Å². The van der Waals surface area contributed by atoms with E-state index in [0.717, 1.165) is 12.1 Å². The minimum absolute atomic E-state index is 0.347. The highest BCUT2D eigenvalue weighted by atomic mass is 19.4. The predicted molar refractivity (Wildman–Crippen MR) is 69.8 cm³/mol. The van der Waals surface area contributed by atoms with Gasteiger partial charge in [-0.15, -0.1) is 0 Å². The zero-order chi connectivity index (χ0) is 17.9. The maximum absolute atomic E-state index is 12.7. The lowest BCUT2D eigenvalue weighted by molar-refractivity contribution is -0.138. The highest BCUT2D eigenvalue weighted by molar-refractivity contribution is 6.28. The number of hydrogen-bond donors (Lipinski definition) is 0. The number of rotatable bonds is 0. The Morgan fingerprint density at radius 2 is 0.875 bits per heavy atom. The summed E-state index contributed by atoms with van der Waals surface area (Å²) in [5, 5.41) is 0. The van der Waals surface area contributed by atoms with Crippen LogP contribution in [-0.4, -0.2) is 11.6 Å². The Morgan fingerprint density at radius 3 is 1.17 bits per heavy atom. The Kier molecular flexibility index (Phi) is 3.33. The van der Waals surface area contributed by atoms with Gasteiger partial charge in [-0.3, -0.25) is 9.59 Å². The van der Waals surface area contributed by atoms with Gasteiger partial charge in [0.1, 0.15) is 0 Å². The van der Waals surface area contributed by atoms with E-state index in [-0.39, 0.29) is 11.1 Å². The Balaban J connectivity index is 2.18. The number of fused-ring (bicyclic) bond motifs is 2. The molecule has 0 heterocycles. The Morgan fingerprint density at radius 1 is 0.542 bits per heavy atom. The van der Waals surface area contributed by atoms with Crippen molar-refractivity contribution in [3.8, 4) is 0 Å². The first-order chi connectivity index (χ1) is 11.0. The lowest BCUT2D eigenvalue weighted by Gasteiger charge is -2.20. The lowest BCUT2D eigenvalue weighted by Crippen LogP contribution is -2.23. The zero-order valence-electron chi connectivity index (χ0n) is 11.5. The minimum Gasteiger partial charge on any atom is -0.289 e. The molecule has 0 aromatic heterocycles. The van der Waals surface area contributed by atoms with Crippen molar-refractivity contribution in [1.29, 1.82) is 0 Å². The number of alkyl halides is 6. The van der Waals surface area contributed by atoms with Crippen molar-refractivity contribution in [3.05, 3.63) is 69.8 Å². The molecule has 0 unspecified atom stereocenters. The van der Waals surface area contributed by atoms with E-state index in [2.05, 4.69) is 0 Å². The summed E-state index contributed by atoms with van der Waals surface area (Å²) in [7, 11) is 0. The molecule has 124 valence electrons. The van der Waals surface area contributed by atoms with Crippen LogP contribution in [0.5, 0.6) is 0 Å². The largest absolute Gasteiger partial charge is 0.416 e. The fraction of sp³-hybridized carbons (Fsp3) is 0.125. The smallest absolute Gasteiger partial charge is 0.289 e. The zero-order valence-corrected chi connectivity index (χ0v) is 11.5. The Labute approximate surface area is 130 Å². The highest BCUT2D eigenvalue weighted by Gasteiger charge is 2.37. The van der Waals surface area contributed by atoms with Crippen LogP contribution in [0.1, 0.15) is 43.0 Å². The van der Waals surface area contributed by atoms with Gasteiger partial charge in [0.2, 0.25) is 0 Å². The Bertz CT molecular complexity index is 804. The maximum atomic E-state index is 12.7. The maximum Gasteiger partial charge on any atom is 0.416 e.